The molecule has 37 heavy (non-hydrogen) atoms. The molecule has 0 aromatic heterocycles. The fraction of sp³-hybridized carbons (Fsp3) is 0.103. The molecule has 0 aliphatic heterocycles. The van der Waals surface area contributed by atoms with E-state index >= 15 is 0 Å². The standard InChI is InChI=1S/C15H15NO2.C8H8O2.C6H5NO2/c1-18-15-9-7-13(8-10-15)11-12-16(17)14-5-3-2-4-6-14;1-10-8-4-2-7(6-9)3-5-8;8-7(9)6-4-2-1-3-5-6/h2-10,12H,11H2,1H3;2-6H,1H3;1-5H. The molecule has 0 bridgehead atoms. The second-order valence-electron chi connectivity index (χ2n) is 7.38. The van der Waals surface area contributed by atoms with Crippen LogP contribution in [0.3, 0.4) is 0 Å². The maximum absolute atomic E-state index is 11.8. The Morgan fingerprint density at radius 2 is 1.14 bits per heavy atom. The number of hydrogen-bond donors (Lipinski definition) is 0. The number of non-ortho nitro benzene ring substituents is 1. The van der Waals surface area contributed by atoms with Crippen LogP contribution in [0.15, 0.2) is 109 Å². The molecule has 8 heteroatoms. The van der Waals surface area contributed by atoms with Gasteiger partial charge in [0.2, 0.25) is 5.69 Å². The quantitative estimate of drug-likeness (QED) is 0.0741. The van der Waals surface area contributed by atoms with Gasteiger partial charge in [0.1, 0.15) is 17.8 Å². The highest BCUT2D eigenvalue weighted by Gasteiger charge is 2.00. The van der Waals surface area contributed by atoms with E-state index in [1.54, 1.807) is 75.0 Å². The smallest absolute Gasteiger partial charge is 0.269 e. The SMILES string of the molecule is COc1ccc(C=O)cc1.COc1ccc(CC=[N+]([O-])c2ccccc2)cc1.O=[N+]([O-])c1ccccc1. The molecule has 4 aromatic rings. The van der Waals surface area contributed by atoms with Crippen molar-refractivity contribution in [2.75, 3.05) is 14.2 Å². The first-order valence-corrected chi connectivity index (χ1v) is 11.2. The van der Waals surface area contributed by atoms with Crippen molar-refractivity contribution < 1.29 is 23.9 Å². The number of methoxy groups -OCH3 is 2. The summed E-state index contributed by atoms with van der Waals surface area (Å²) in [5.74, 6) is 1.59. The molecule has 4 aromatic carbocycles. The van der Waals surface area contributed by atoms with Gasteiger partial charge in [0, 0.05) is 29.8 Å². The van der Waals surface area contributed by atoms with Crippen LogP contribution in [0, 0.1) is 15.3 Å². The Hall–Kier alpha value is -4.98. The molecule has 190 valence electrons. The van der Waals surface area contributed by atoms with E-state index in [0.717, 1.165) is 28.1 Å². The first kappa shape index (κ1) is 28.3. The maximum Gasteiger partial charge on any atom is 0.269 e. The number of carbonyl (C=O) groups is 1. The van der Waals surface area contributed by atoms with Crippen LogP contribution in [0.5, 0.6) is 11.5 Å². The zero-order chi connectivity index (χ0) is 26.9. The molecular formula is C29H28N2O6. The Labute approximate surface area is 215 Å². The lowest BCUT2D eigenvalue weighted by molar-refractivity contribution is -0.384. The molecule has 0 amide bonds. The van der Waals surface area contributed by atoms with E-state index in [4.69, 9.17) is 9.47 Å². The van der Waals surface area contributed by atoms with Crippen molar-refractivity contribution in [3.63, 3.8) is 0 Å². The van der Waals surface area contributed by atoms with Gasteiger partial charge < -0.3 is 14.7 Å². The molecule has 0 fully saturated rings. The van der Waals surface area contributed by atoms with Crippen molar-refractivity contribution in [2.45, 2.75) is 6.42 Å². The van der Waals surface area contributed by atoms with Crippen molar-refractivity contribution in [3.05, 3.63) is 136 Å². The normalized spacial score (nSPS) is 10.1. The minimum absolute atomic E-state index is 0.137. The molecule has 0 heterocycles. The van der Waals surface area contributed by atoms with E-state index in [2.05, 4.69) is 0 Å². The van der Waals surface area contributed by atoms with Crippen molar-refractivity contribution >= 4 is 23.9 Å². The number of benzene rings is 4. The molecule has 0 spiro atoms. The van der Waals surface area contributed by atoms with Crippen LogP contribution >= 0.6 is 0 Å². The number of carbonyl (C=O) groups excluding carboxylic acids is 1. The second-order valence-corrected chi connectivity index (χ2v) is 7.38. The summed E-state index contributed by atoms with van der Waals surface area (Å²) in [4.78, 5) is 19.8. The molecule has 0 aliphatic rings. The predicted octanol–water partition coefficient (Wildman–Crippen LogP) is 6.25. The monoisotopic (exact) mass is 500 g/mol. The van der Waals surface area contributed by atoms with Gasteiger partial charge in [0.15, 0.2) is 6.21 Å². The zero-order valence-electron chi connectivity index (χ0n) is 20.6. The van der Waals surface area contributed by atoms with Crippen LogP contribution in [0.25, 0.3) is 0 Å². The molecular weight excluding hydrogens is 472 g/mol. The molecule has 4 rings (SSSR count). The van der Waals surface area contributed by atoms with Gasteiger partial charge in [-0.2, -0.15) is 4.74 Å². The van der Waals surface area contributed by atoms with Crippen LogP contribution in [-0.4, -0.2) is 36.4 Å². The van der Waals surface area contributed by atoms with Crippen molar-refractivity contribution in [2.24, 2.45) is 0 Å². The summed E-state index contributed by atoms with van der Waals surface area (Å²) < 4.78 is 10.9. The van der Waals surface area contributed by atoms with Crippen LogP contribution < -0.4 is 9.47 Å². The number of nitrogens with zero attached hydrogens (tertiary/aromatic N) is 2. The predicted molar refractivity (Wildman–Crippen MR) is 144 cm³/mol. The van der Waals surface area contributed by atoms with Gasteiger partial charge in [-0.1, -0.05) is 48.5 Å². The molecule has 0 N–H and O–H groups in total. The maximum atomic E-state index is 11.8. The molecule has 0 saturated heterocycles. The van der Waals surface area contributed by atoms with Gasteiger partial charge in [-0.25, -0.2) is 0 Å². The average Bonchev–Trinajstić information content (AvgIpc) is 2.97. The van der Waals surface area contributed by atoms with Gasteiger partial charge in [-0.3, -0.25) is 14.9 Å². The van der Waals surface area contributed by atoms with Gasteiger partial charge in [0.05, 0.1) is 25.6 Å². The second kappa shape index (κ2) is 15.8. The number of hydrogen-bond acceptors (Lipinski definition) is 6. The van der Waals surface area contributed by atoms with Crippen LogP contribution in [0.1, 0.15) is 15.9 Å². The Morgan fingerprint density at radius 1 is 0.676 bits per heavy atom. The number of nitro benzene ring substituents is 1. The molecule has 8 nitrogen and oxygen atoms in total. The van der Waals surface area contributed by atoms with Crippen molar-refractivity contribution in [1.82, 2.24) is 0 Å². The van der Waals surface area contributed by atoms with E-state index in [1.807, 2.05) is 42.5 Å². The van der Waals surface area contributed by atoms with E-state index < -0.39 is 4.92 Å². The third kappa shape index (κ3) is 10.4. The Balaban J connectivity index is 0.000000214. The van der Waals surface area contributed by atoms with Gasteiger partial charge in [-0.05, 0) is 42.0 Å². The summed E-state index contributed by atoms with van der Waals surface area (Å²) in [6, 6.07) is 31.7. The van der Waals surface area contributed by atoms with Gasteiger partial charge in [0.25, 0.3) is 5.69 Å². The van der Waals surface area contributed by atoms with Crippen LogP contribution in [0.4, 0.5) is 11.4 Å². The summed E-state index contributed by atoms with van der Waals surface area (Å²) in [5, 5.41) is 21.8. The minimum Gasteiger partial charge on any atom is -0.619 e. The number of ether oxygens (including phenoxy) is 2. The first-order valence-electron chi connectivity index (χ1n) is 11.2. The summed E-state index contributed by atoms with van der Waals surface area (Å²) in [5.41, 5.74) is 2.52. The number of aldehydes is 1. The topological polar surface area (TPSA) is 105 Å². The molecule has 0 unspecified atom stereocenters. The molecule has 0 atom stereocenters. The zero-order valence-corrected chi connectivity index (χ0v) is 20.6. The Kier molecular flexibility index (Phi) is 12.1. The highest BCUT2D eigenvalue weighted by atomic mass is 16.6. The summed E-state index contributed by atoms with van der Waals surface area (Å²) in [7, 11) is 3.23. The Bertz CT molecular complexity index is 1240. The summed E-state index contributed by atoms with van der Waals surface area (Å²) >= 11 is 0. The van der Waals surface area contributed by atoms with Gasteiger partial charge in [-0.15, -0.1) is 0 Å². The van der Waals surface area contributed by atoms with Crippen LogP contribution in [0.2, 0.25) is 0 Å². The summed E-state index contributed by atoms with van der Waals surface area (Å²) in [6.07, 6.45) is 3.03. The van der Waals surface area contributed by atoms with Gasteiger partial charge >= 0.3 is 0 Å². The fourth-order valence-electron chi connectivity index (χ4n) is 2.86. The average molecular weight is 501 g/mol. The summed E-state index contributed by atoms with van der Waals surface area (Å²) in [6.45, 7) is 0. The lowest BCUT2D eigenvalue weighted by Gasteiger charge is -2.03. The highest BCUT2D eigenvalue weighted by molar-refractivity contribution is 5.74. The largest absolute Gasteiger partial charge is 0.619 e. The molecule has 0 aliphatic carbocycles. The lowest BCUT2D eigenvalue weighted by Crippen LogP contribution is -2.00. The third-order valence-electron chi connectivity index (χ3n) is 4.88. The third-order valence-corrected chi connectivity index (χ3v) is 4.88. The van der Waals surface area contributed by atoms with Crippen LogP contribution in [-0.2, 0) is 6.42 Å². The lowest BCUT2D eigenvalue weighted by atomic mass is 10.1. The first-order chi connectivity index (χ1) is 18.0. The van der Waals surface area contributed by atoms with E-state index in [1.165, 1.54) is 12.1 Å². The van der Waals surface area contributed by atoms with E-state index in [9.17, 15) is 20.1 Å². The molecule has 0 radical (unpaired) electrons. The Morgan fingerprint density at radius 3 is 1.54 bits per heavy atom. The van der Waals surface area contributed by atoms with E-state index in [-0.39, 0.29) is 5.69 Å². The molecule has 0 saturated carbocycles. The number of nitro groups is 1. The van der Waals surface area contributed by atoms with Crippen molar-refractivity contribution in [3.8, 4) is 11.5 Å². The van der Waals surface area contributed by atoms with Crippen molar-refractivity contribution in [1.29, 1.82) is 0 Å². The number of rotatable bonds is 7. The van der Waals surface area contributed by atoms with E-state index in [0.29, 0.717) is 17.7 Å². The minimum atomic E-state index is -0.417. The fourth-order valence-corrected chi connectivity index (χ4v) is 2.86. The highest BCUT2D eigenvalue weighted by Crippen LogP contribution is 2.13. The number of para-hydroxylation sites is 2.